The van der Waals surface area contributed by atoms with E-state index >= 15 is 0 Å². The van der Waals surface area contributed by atoms with E-state index in [1.54, 1.807) is 6.20 Å². The zero-order chi connectivity index (χ0) is 19.9. The molecular formula is C22H21Cl2N3O. The molecule has 1 atom stereocenters. The van der Waals surface area contributed by atoms with Gasteiger partial charge in [-0.3, -0.25) is 9.78 Å². The fourth-order valence-corrected chi connectivity index (χ4v) is 3.49. The number of amides is 1. The number of hydrogen-bond acceptors (Lipinski definition) is 3. The maximum atomic E-state index is 11.6. The molecule has 0 fully saturated rings. The van der Waals surface area contributed by atoms with Gasteiger partial charge in [0.25, 0.3) is 0 Å². The molecule has 1 heterocycles. The third-order valence-electron chi connectivity index (χ3n) is 4.29. The minimum absolute atomic E-state index is 0.0719. The SMILES string of the molecule is CC(=O)NC(CNc1ccc(-c2ccccn2)c(Cl)c1Cl)Cc1ccccc1. The molecule has 28 heavy (non-hydrogen) atoms. The molecule has 3 aromatic rings. The highest BCUT2D eigenvalue weighted by Gasteiger charge is 2.15. The second-order valence-electron chi connectivity index (χ2n) is 6.47. The Labute approximate surface area is 174 Å². The number of hydrogen-bond donors (Lipinski definition) is 2. The predicted molar refractivity (Wildman–Crippen MR) is 116 cm³/mol. The van der Waals surface area contributed by atoms with Crippen LogP contribution in [-0.4, -0.2) is 23.5 Å². The second kappa shape index (κ2) is 9.58. The van der Waals surface area contributed by atoms with Crippen LogP contribution in [0.4, 0.5) is 5.69 Å². The number of halogens is 2. The van der Waals surface area contributed by atoms with E-state index in [9.17, 15) is 4.79 Å². The normalized spacial score (nSPS) is 11.7. The molecule has 1 unspecified atom stereocenters. The molecule has 0 aliphatic heterocycles. The number of nitrogens with one attached hydrogen (secondary N) is 2. The van der Waals surface area contributed by atoms with Crippen LogP contribution in [0.3, 0.4) is 0 Å². The van der Waals surface area contributed by atoms with Crippen molar-refractivity contribution in [2.45, 2.75) is 19.4 Å². The van der Waals surface area contributed by atoms with Gasteiger partial charge in [0.15, 0.2) is 0 Å². The molecule has 6 heteroatoms. The lowest BCUT2D eigenvalue weighted by molar-refractivity contribution is -0.119. The van der Waals surface area contributed by atoms with E-state index < -0.39 is 0 Å². The van der Waals surface area contributed by atoms with Crippen LogP contribution in [0.5, 0.6) is 0 Å². The van der Waals surface area contributed by atoms with Crippen molar-refractivity contribution in [3.05, 3.63) is 82.5 Å². The summed E-state index contributed by atoms with van der Waals surface area (Å²) in [5, 5.41) is 7.17. The van der Waals surface area contributed by atoms with Crippen LogP contribution in [-0.2, 0) is 11.2 Å². The summed E-state index contributed by atoms with van der Waals surface area (Å²) in [6.45, 7) is 2.04. The van der Waals surface area contributed by atoms with Crippen molar-refractivity contribution in [2.75, 3.05) is 11.9 Å². The van der Waals surface area contributed by atoms with Gasteiger partial charge in [-0.05, 0) is 36.2 Å². The van der Waals surface area contributed by atoms with Gasteiger partial charge in [0.05, 0.1) is 27.5 Å². The summed E-state index contributed by atoms with van der Waals surface area (Å²) in [4.78, 5) is 15.9. The zero-order valence-electron chi connectivity index (χ0n) is 15.5. The topological polar surface area (TPSA) is 54.0 Å². The van der Waals surface area contributed by atoms with E-state index in [4.69, 9.17) is 23.2 Å². The standard InChI is InChI=1S/C22H21Cl2N3O/c1-15(28)27-17(13-16-7-3-2-4-8-16)14-26-20-11-10-18(21(23)22(20)24)19-9-5-6-12-25-19/h2-12,17,26H,13-14H2,1H3,(H,27,28). The van der Waals surface area contributed by atoms with Gasteiger partial charge in [-0.1, -0.05) is 59.6 Å². The Kier molecular flexibility index (Phi) is 6.90. The number of benzene rings is 2. The van der Waals surface area contributed by atoms with E-state index in [-0.39, 0.29) is 11.9 Å². The average Bonchev–Trinajstić information content (AvgIpc) is 2.70. The number of rotatable bonds is 7. The summed E-state index contributed by atoms with van der Waals surface area (Å²) in [6, 6.07) is 19.4. The predicted octanol–water partition coefficient (Wildman–Crippen LogP) is 5.21. The quantitative estimate of drug-likeness (QED) is 0.558. The van der Waals surface area contributed by atoms with Gasteiger partial charge >= 0.3 is 0 Å². The number of pyridine rings is 1. The van der Waals surface area contributed by atoms with Gasteiger partial charge in [0.1, 0.15) is 0 Å². The van der Waals surface area contributed by atoms with Crippen LogP contribution in [0.1, 0.15) is 12.5 Å². The fraction of sp³-hybridized carbons (Fsp3) is 0.182. The lowest BCUT2D eigenvalue weighted by atomic mass is 10.1. The highest BCUT2D eigenvalue weighted by atomic mass is 35.5. The Balaban J connectivity index is 1.74. The molecule has 0 aliphatic carbocycles. The van der Waals surface area contributed by atoms with Gasteiger partial charge in [0, 0.05) is 25.2 Å². The van der Waals surface area contributed by atoms with Gasteiger partial charge in [-0.2, -0.15) is 0 Å². The Hall–Kier alpha value is -2.56. The van der Waals surface area contributed by atoms with E-state index in [1.165, 1.54) is 6.92 Å². The minimum atomic E-state index is -0.0785. The molecular weight excluding hydrogens is 393 g/mol. The molecule has 0 aliphatic rings. The van der Waals surface area contributed by atoms with Gasteiger partial charge < -0.3 is 10.6 Å². The molecule has 144 valence electrons. The summed E-state index contributed by atoms with van der Waals surface area (Å²) < 4.78 is 0. The van der Waals surface area contributed by atoms with Crippen LogP contribution < -0.4 is 10.6 Å². The fourth-order valence-electron chi connectivity index (χ4n) is 3.00. The van der Waals surface area contributed by atoms with Gasteiger partial charge in [0.2, 0.25) is 5.91 Å². The van der Waals surface area contributed by atoms with Crippen molar-refractivity contribution in [3.63, 3.8) is 0 Å². The Bertz CT molecular complexity index is 933. The number of carbonyl (C=O) groups is 1. The van der Waals surface area contributed by atoms with Crippen molar-refractivity contribution >= 4 is 34.8 Å². The summed E-state index contributed by atoms with van der Waals surface area (Å²) in [6.07, 6.45) is 2.43. The van der Waals surface area contributed by atoms with E-state index in [2.05, 4.69) is 15.6 Å². The van der Waals surface area contributed by atoms with Crippen molar-refractivity contribution in [1.29, 1.82) is 0 Å². The van der Waals surface area contributed by atoms with Crippen molar-refractivity contribution in [1.82, 2.24) is 10.3 Å². The summed E-state index contributed by atoms with van der Waals surface area (Å²) in [7, 11) is 0. The minimum Gasteiger partial charge on any atom is -0.382 e. The third kappa shape index (κ3) is 5.24. The third-order valence-corrected chi connectivity index (χ3v) is 5.18. The highest BCUT2D eigenvalue weighted by Crippen LogP contribution is 2.37. The summed E-state index contributed by atoms with van der Waals surface area (Å²) in [5.41, 5.74) is 3.41. The summed E-state index contributed by atoms with van der Waals surface area (Å²) in [5.74, 6) is -0.0719. The monoisotopic (exact) mass is 413 g/mol. The highest BCUT2D eigenvalue weighted by molar-refractivity contribution is 6.45. The van der Waals surface area contributed by atoms with Gasteiger partial charge in [-0.25, -0.2) is 0 Å². The van der Waals surface area contributed by atoms with Crippen LogP contribution >= 0.6 is 23.2 Å². The second-order valence-corrected chi connectivity index (χ2v) is 7.23. The van der Waals surface area contributed by atoms with Crippen molar-refractivity contribution < 1.29 is 4.79 Å². The van der Waals surface area contributed by atoms with E-state index in [1.807, 2.05) is 60.7 Å². The maximum Gasteiger partial charge on any atom is 0.217 e. The first kappa shape index (κ1) is 20.2. The number of carbonyl (C=O) groups excluding carboxylic acids is 1. The van der Waals surface area contributed by atoms with Crippen LogP contribution in [0.15, 0.2) is 66.9 Å². The lowest BCUT2D eigenvalue weighted by Crippen LogP contribution is -2.40. The first-order valence-electron chi connectivity index (χ1n) is 8.99. The molecule has 2 N–H and O–H groups in total. The average molecular weight is 414 g/mol. The van der Waals surface area contributed by atoms with Crippen molar-refractivity contribution in [2.24, 2.45) is 0 Å². The number of aromatic nitrogens is 1. The molecule has 1 aromatic heterocycles. The molecule has 0 spiro atoms. The Morgan fingerprint density at radius 2 is 1.75 bits per heavy atom. The van der Waals surface area contributed by atoms with Crippen LogP contribution in [0, 0.1) is 0 Å². The van der Waals surface area contributed by atoms with E-state index in [0.717, 1.165) is 22.5 Å². The zero-order valence-corrected chi connectivity index (χ0v) is 17.0. The number of anilines is 1. The van der Waals surface area contributed by atoms with E-state index in [0.29, 0.717) is 23.0 Å². The van der Waals surface area contributed by atoms with Crippen molar-refractivity contribution in [3.8, 4) is 11.3 Å². The molecule has 0 radical (unpaired) electrons. The Morgan fingerprint density at radius 1 is 1.00 bits per heavy atom. The van der Waals surface area contributed by atoms with Crippen LogP contribution in [0.25, 0.3) is 11.3 Å². The smallest absolute Gasteiger partial charge is 0.217 e. The molecule has 3 rings (SSSR count). The van der Waals surface area contributed by atoms with Gasteiger partial charge in [-0.15, -0.1) is 0 Å². The first-order chi connectivity index (χ1) is 13.5. The molecule has 2 aromatic carbocycles. The lowest BCUT2D eigenvalue weighted by Gasteiger charge is -2.20. The largest absolute Gasteiger partial charge is 0.382 e. The molecule has 1 amide bonds. The molecule has 0 saturated carbocycles. The molecule has 0 saturated heterocycles. The first-order valence-corrected chi connectivity index (χ1v) is 9.74. The molecule has 4 nitrogen and oxygen atoms in total. The Morgan fingerprint density at radius 3 is 2.43 bits per heavy atom. The van der Waals surface area contributed by atoms with Crippen LogP contribution in [0.2, 0.25) is 10.0 Å². The maximum absolute atomic E-state index is 11.6. The molecule has 0 bridgehead atoms. The summed E-state index contributed by atoms with van der Waals surface area (Å²) >= 11 is 13.0. The number of nitrogens with zero attached hydrogens (tertiary/aromatic N) is 1.